The van der Waals surface area contributed by atoms with Crippen molar-refractivity contribution < 1.29 is 41.0 Å². The molecule has 4 aromatic heterocycles. The molecule has 4 heterocycles. The number of aliphatic hydroxyl groups is 1. The second-order valence-corrected chi connectivity index (χ2v) is 7.31. The van der Waals surface area contributed by atoms with Crippen LogP contribution in [0.15, 0.2) is 25.3 Å². The van der Waals surface area contributed by atoms with E-state index in [9.17, 15) is 0 Å². The zero-order valence-electron chi connectivity index (χ0n) is 24.5. The first kappa shape index (κ1) is 41.8. The Bertz CT molecular complexity index is 1310. The van der Waals surface area contributed by atoms with Crippen LogP contribution in [0.2, 0.25) is 5.15 Å². The second kappa shape index (κ2) is 28.8. The Hall–Kier alpha value is -1.29. The number of halogens is 3. The van der Waals surface area contributed by atoms with E-state index in [1.54, 1.807) is 18.7 Å². The molecule has 4 rings (SSSR count). The van der Waals surface area contributed by atoms with Gasteiger partial charge in [-0.3, -0.25) is 0 Å². The maximum atomic E-state index is 8.45. The molecule has 0 bridgehead atoms. The largest absolute Gasteiger partial charge is 0.475 e. The number of nitriles is 2. The molecule has 0 unspecified atom stereocenters. The third kappa shape index (κ3) is 15.7. The van der Waals surface area contributed by atoms with Crippen LogP contribution >= 0.6 is 56.8 Å². The first-order chi connectivity index (χ1) is 20.1. The molecular formula is C24H34BClI2N10O2U. The summed E-state index contributed by atoms with van der Waals surface area (Å²) < 4.78 is 14.6. The first-order valence-corrected chi connectivity index (χ1v) is 16.5. The standard InChI is InChI=1S/C11H13N5O.C8H9ClN4.C3H5NO.2CH3I.BH.U/c1-2-5-16-8-15-9-10(16)13-7-14-11(9)17-6-3-4-12;1-2-3-13-5-12-6-7(9)10-4-11-8(6)13;4-2-1-3-5;2*1-2;;/h7-8H,2-3,5-6H2,1H3;4-5H,2-3H2,1H3;5H,1,3H2;2*1H3;1H;/i;;;;;1D;. The number of nitrogens with zero attached hydrogens (tertiary/aromatic N) is 10. The minimum absolute atomic E-state index is 0. The maximum absolute atomic E-state index is 8.45. The van der Waals surface area contributed by atoms with Gasteiger partial charge in [-0.1, -0.05) is 70.6 Å². The van der Waals surface area contributed by atoms with Crippen LogP contribution in [0.4, 0.5) is 0 Å². The van der Waals surface area contributed by atoms with Gasteiger partial charge in [-0.2, -0.15) is 15.5 Å². The summed E-state index contributed by atoms with van der Waals surface area (Å²) in [4.78, 5) is 28.5. The number of aliphatic hydroxyl groups excluding tert-OH is 1. The summed E-state index contributed by atoms with van der Waals surface area (Å²) >= 11 is 10.1. The Morgan fingerprint density at radius 1 is 0.878 bits per heavy atom. The Labute approximate surface area is 300 Å². The average molecular weight is 1030 g/mol. The molecule has 4 aromatic rings. The van der Waals surface area contributed by atoms with Crippen LogP contribution in [0.5, 0.6) is 5.88 Å². The summed E-state index contributed by atoms with van der Waals surface area (Å²) in [6, 6.07) is 3.78. The molecule has 17 heteroatoms. The van der Waals surface area contributed by atoms with Gasteiger partial charge in [0.25, 0.3) is 0 Å². The van der Waals surface area contributed by atoms with Crippen molar-refractivity contribution in [2.75, 3.05) is 23.1 Å². The summed E-state index contributed by atoms with van der Waals surface area (Å²) in [5.41, 5.74) is 2.91. The van der Waals surface area contributed by atoms with Crippen LogP contribution < -0.4 is 4.74 Å². The quantitative estimate of drug-likeness (QED) is 0.0856. The Balaban J connectivity index is -0.000000540. The van der Waals surface area contributed by atoms with Crippen LogP contribution in [0.25, 0.3) is 22.3 Å². The Morgan fingerprint density at radius 2 is 1.37 bits per heavy atom. The number of aromatic nitrogens is 8. The van der Waals surface area contributed by atoms with Crippen molar-refractivity contribution in [3.05, 3.63) is 30.5 Å². The molecule has 0 aliphatic rings. The zero-order chi connectivity index (χ0) is 31.5. The van der Waals surface area contributed by atoms with Gasteiger partial charge in [0.2, 0.25) is 5.88 Å². The number of fused-ring (bicyclic) bond motifs is 2. The summed E-state index contributed by atoms with van der Waals surface area (Å²) in [6.07, 6.45) is 9.04. The molecule has 1 N–H and O–H groups in total. The van der Waals surface area contributed by atoms with Gasteiger partial charge in [-0.25, -0.2) is 24.9 Å². The smallest absolute Gasteiger partial charge is 0.245 e. The summed E-state index contributed by atoms with van der Waals surface area (Å²) in [6.45, 7) is 6.28. The molecule has 0 aromatic carbocycles. The number of aryl methyl sites for hydroxylation is 2. The molecule has 0 aliphatic heterocycles. The van der Waals surface area contributed by atoms with Crippen LogP contribution in [0, 0.1) is 53.8 Å². The van der Waals surface area contributed by atoms with Crippen molar-refractivity contribution in [1.29, 1.82) is 11.9 Å². The van der Waals surface area contributed by atoms with Crippen molar-refractivity contribution in [3.8, 4) is 18.0 Å². The zero-order valence-corrected chi connectivity index (χ0v) is 32.7. The van der Waals surface area contributed by atoms with E-state index in [0.717, 1.165) is 37.2 Å². The van der Waals surface area contributed by atoms with Gasteiger partial charge in [0.1, 0.15) is 24.8 Å². The third-order valence-electron chi connectivity index (χ3n) is 4.33. The van der Waals surface area contributed by atoms with Crippen LogP contribution in [0.3, 0.4) is 0 Å². The van der Waals surface area contributed by atoms with E-state index in [1.165, 1.54) is 12.7 Å². The van der Waals surface area contributed by atoms with Crippen molar-refractivity contribution in [3.63, 3.8) is 0 Å². The van der Waals surface area contributed by atoms with Gasteiger partial charge in [0.05, 0.1) is 44.2 Å². The van der Waals surface area contributed by atoms with Gasteiger partial charge in [-0.15, -0.1) is 0 Å². The number of ether oxygens (including phenoxy) is 1. The van der Waals surface area contributed by atoms with Crippen molar-refractivity contribution in [2.45, 2.75) is 52.6 Å². The molecule has 0 saturated carbocycles. The molecule has 220 valence electrons. The molecular weight excluding hydrogens is 998 g/mol. The predicted octanol–water partition coefficient (Wildman–Crippen LogP) is 4.76. The van der Waals surface area contributed by atoms with E-state index in [-0.39, 0.29) is 44.1 Å². The third-order valence-corrected chi connectivity index (χ3v) is 4.61. The molecule has 0 spiro atoms. The van der Waals surface area contributed by atoms with E-state index in [1.807, 2.05) is 25.1 Å². The van der Waals surface area contributed by atoms with Gasteiger partial charge < -0.3 is 19.0 Å². The minimum atomic E-state index is -0.0174. The van der Waals surface area contributed by atoms with E-state index in [2.05, 4.69) is 97.3 Å². The number of imidazole rings is 2. The minimum Gasteiger partial charge on any atom is -0.475 e. The van der Waals surface area contributed by atoms with Crippen LogP contribution in [-0.4, -0.2) is 76.9 Å². The van der Waals surface area contributed by atoms with E-state index in [0.29, 0.717) is 35.1 Å². The summed E-state index contributed by atoms with van der Waals surface area (Å²) in [7, 11) is 3.75. The maximum Gasteiger partial charge on any atom is 0.245 e. The number of rotatable bonds is 8. The predicted molar refractivity (Wildman–Crippen MR) is 176 cm³/mol. The number of hydrogen-bond acceptors (Lipinski definition) is 10. The van der Waals surface area contributed by atoms with E-state index < -0.39 is 0 Å². The molecule has 0 aliphatic carbocycles. The van der Waals surface area contributed by atoms with E-state index in [4.69, 9.17) is 33.3 Å². The van der Waals surface area contributed by atoms with Crippen molar-refractivity contribution in [1.82, 2.24) is 39.0 Å². The fraction of sp³-hybridized carbons (Fsp3) is 0.500. The topological polar surface area (TPSA) is 164 Å². The fourth-order valence-electron chi connectivity index (χ4n) is 2.87. The Morgan fingerprint density at radius 3 is 1.83 bits per heavy atom. The molecule has 0 saturated heterocycles. The van der Waals surface area contributed by atoms with Gasteiger partial charge in [0, 0.05) is 52.6 Å². The molecule has 0 fully saturated rings. The van der Waals surface area contributed by atoms with Gasteiger partial charge >= 0.3 is 0 Å². The van der Waals surface area contributed by atoms with Gasteiger partial charge in [-0.05, 0) is 24.0 Å². The molecule has 0 atom stereocenters. The number of alkyl halides is 2. The van der Waals surface area contributed by atoms with Crippen LogP contribution in [-0.2, 0) is 13.1 Å². The normalized spacial score (nSPS) is 8.98. The van der Waals surface area contributed by atoms with E-state index >= 15 is 0 Å². The van der Waals surface area contributed by atoms with Gasteiger partial charge in [0.15, 0.2) is 22.0 Å². The average Bonchev–Trinajstić information content (AvgIpc) is 3.63. The first-order valence-electron chi connectivity index (χ1n) is 12.4. The van der Waals surface area contributed by atoms with Crippen molar-refractivity contribution >= 4 is 87.5 Å². The fourth-order valence-corrected chi connectivity index (χ4v) is 3.05. The Kier molecular flexibility index (Phi) is 29.4. The summed E-state index contributed by atoms with van der Waals surface area (Å²) in [5.74, 6) is 0.445. The number of hydrogen-bond donors (Lipinski definition) is 1. The molecule has 2 radical (unpaired) electrons. The second-order valence-electron chi connectivity index (χ2n) is 6.95. The molecule has 41 heavy (non-hydrogen) atoms. The monoisotopic (exact) mass is 1030 g/mol. The van der Waals surface area contributed by atoms with Crippen LogP contribution in [0.1, 0.15) is 39.5 Å². The molecule has 0 amide bonds. The van der Waals surface area contributed by atoms with Crippen molar-refractivity contribution in [2.24, 2.45) is 0 Å². The molecule has 12 nitrogen and oxygen atoms in total. The SMILES string of the molecule is CCCn1cnc2c(Cl)ncnc21.CCCn1cnc2c(OCCC#N)ncnc21.CI.CI.N#CCCO.[2H][B].[U]. The summed E-state index contributed by atoms with van der Waals surface area (Å²) in [5, 5.41) is 24.4.